The van der Waals surface area contributed by atoms with Crippen molar-refractivity contribution in [2.45, 2.75) is 26.3 Å². The van der Waals surface area contributed by atoms with Crippen molar-refractivity contribution in [3.63, 3.8) is 0 Å². The molecule has 0 saturated carbocycles. The van der Waals surface area contributed by atoms with Gasteiger partial charge in [0, 0.05) is 25.5 Å². The first kappa shape index (κ1) is 14.5. The summed E-state index contributed by atoms with van der Waals surface area (Å²) in [7, 11) is 3.96. The molecule has 100 valence electrons. The van der Waals surface area contributed by atoms with Gasteiger partial charge >= 0.3 is 0 Å². The van der Waals surface area contributed by atoms with Gasteiger partial charge in [-0.15, -0.1) is 0 Å². The van der Waals surface area contributed by atoms with Gasteiger partial charge in [0.15, 0.2) is 0 Å². The van der Waals surface area contributed by atoms with Crippen LogP contribution in [0.2, 0.25) is 0 Å². The monoisotopic (exact) mass is 249 g/mol. The van der Waals surface area contributed by atoms with Gasteiger partial charge in [0.25, 0.3) is 0 Å². The Morgan fingerprint density at radius 1 is 1.28 bits per heavy atom. The van der Waals surface area contributed by atoms with Crippen molar-refractivity contribution in [2.24, 2.45) is 11.7 Å². The summed E-state index contributed by atoms with van der Waals surface area (Å²) in [6.45, 7) is 4.11. The lowest BCUT2D eigenvalue weighted by Crippen LogP contribution is -2.36. The Morgan fingerprint density at radius 2 is 1.83 bits per heavy atom. The molecular formula is C14H23N3O. The molecule has 1 amide bonds. The van der Waals surface area contributed by atoms with Gasteiger partial charge in [0.05, 0.1) is 6.04 Å². The van der Waals surface area contributed by atoms with E-state index in [9.17, 15) is 4.79 Å². The zero-order valence-electron chi connectivity index (χ0n) is 11.6. The Balaban J connectivity index is 2.59. The van der Waals surface area contributed by atoms with Crippen molar-refractivity contribution in [1.82, 2.24) is 0 Å². The third kappa shape index (κ3) is 4.37. The standard InChI is InChI=1S/C14H23N3O/c1-10(2)9-13(15)14(18)16-11-5-7-12(8-6-11)17(3)4/h5-8,10,13H,9,15H2,1-4H3,(H,16,18)/t13-/m0/s1. The fraction of sp³-hybridized carbons (Fsp3) is 0.500. The molecule has 1 atom stereocenters. The van der Waals surface area contributed by atoms with Crippen molar-refractivity contribution in [1.29, 1.82) is 0 Å². The molecule has 1 aromatic carbocycles. The third-order valence-electron chi connectivity index (χ3n) is 2.71. The van der Waals surface area contributed by atoms with Gasteiger partial charge in [-0.25, -0.2) is 0 Å². The van der Waals surface area contributed by atoms with Gasteiger partial charge in [-0.1, -0.05) is 13.8 Å². The van der Waals surface area contributed by atoms with Gasteiger partial charge in [-0.2, -0.15) is 0 Å². The molecule has 0 radical (unpaired) electrons. The predicted molar refractivity (Wildman–Crippen MR) is 76.8 cm³/mol. The van der Waals surface area contributed by atoms with Crippen molar-refractivity contribution in [3.8, 4) is 0 Å². The van der Waals surface area contributed by atoms with E-state index in [2.05, 4.69) is 19.2 Å². The molecule has 0 heterocycles. The zero-order valence-corrected chi connectivity index (χ0v) is 11.6. The molecule has 0 bridgehead atoms. The number of nitrogens with zero attached hydrogens (tertiary/aromatic N) is 1. The highest BCUT2D eigenvalue weighted by atomic mass is 16.2. The average Bonchev–Trinajstić information content (AvgIpc) is 2.28. The van der Waals surface area contributed by atoms with Crippen LogP contribution in [-0.2, 0) is 4.79 Å². The van der Waals surface area contributed by atoms with E-state index < -0.39 is 6.04 Å². The van der Waals surface area contributed by atoms with Crippen LogP contribution < -0.4 is 16.0 Å². The minimum absolute atomic E-state index is 0.124. The number of hydrogen-bond donors (Lipinski definition) is 2. The number of hydrogen-bond acceptors (Lipinski definition) is 3. The van der Waals surface area contributed by atoms with Crippen molar-refractivity contribution in [3.05, 3.63) is 24.3 Å². The molecule has 0 aliphatic rings. The van der Waals surface area contributed by atoms with Gasteiger partial charge in [-0.05, 0) is 36.6 Å². The van der Waals surface area contributed by atoms with E-state index in [1.165, 1.54) is 0 Å². The summed E-state index contributed by atoms with van der Waals surface area (Å²) in [5.74, 6) is 0.295. The number of rotatable bonds is 5. The van der Waals surface area contributed by atoms with Crippen LogP contribution in [-0.4, -0.2) is 26.0 Å². The molecule has 0 fully saturated rings. The molecule has 0 aromatic heterocycles. The SMILES string of the molecule is CC(C)C[C@H](N)C(=O)Nc1ccc(N(C)C)cc1. The molecule has 0 aliphatic carbocycles. The number of nitrogens with two attached hydrogens (primary N) is 1. The first-order chi connectivity index (χ1) is 8.40. The second-order valence-electron chi connectivity index (χ2n) is 5.17. The Bertz CT molecular complexity index is 385. The lowest BCUT2D eigenvalue weighted by molar-refractivity contribution is -0.117. The topological polar surface area (TPSA) is 58.4 Å². The largest absolute Gasteiger partial charge is 0.378 e. The molecular weight excluding hydrogens is 226 g/mol. The predicted octanol–water partition coefficient (Wildman–Crippen LogP) is 2.06. The third-order valence-corrected chi connectivity index (χ3v) is 2.71. The second-order valence-corrected chi connectivity index (χ2v) is 5.17. The maximum Gasteiger partial charge on any atom is 0.241 e. The Morgan fingerprint density at radius 3 is 2.28 bits per heavy atom. The van der Waals surface area contributed by atoms with Crippen LogP contribution in [0.1, 0.15) is 20.3 Å². The Labute approximate surface area is 109 Å². The molecule has 1 rings (SSSR count). The van der Waals surface area contributed by atoms with Crippen LogP contribution in [0.25, 0.3) is 0 Å². The highest BCUT2D eigenvalue weighted by Crippen LogP contribution is 2.16. The van der Waals surface area contributed by atoms with E-state index in [1.807, 2.05) is 43.3 Å². The molecule has 4 heteroatoms. The fourth-order valence-electron chi connectivity index (χ4n) is 1.69. The molecule has 1 aromatic rings. The minimum atomic E-state index is -0.446. The fourth-order valence-corrected chi connectivity index (χ4v) is 1.69. The van der Waals surface area contributed by atoms with Crippen LogP contribution in [0.4, 0.5) is 11.4 Å². The molecule has 0 unspecified atom stereocenters. The summed E-state index contributed by atoms with van der Waals surface area (Å²) < 4.78 is 0. The van der Waals surface area contributed by atoms with Crippen LogP contribution in [0, 0.1) is 5.92 Å². The summed E-state index contributed by atoms with van der Waals surface area (Å²) in [6, 6.07) is 7.25. The van der Waals surface area contributed by atoms with Crippen LogP contribution in [0.15, 0.2) is 24.3 Å². The zero-order chi connectivity index (χ0) is 13.7. The molecule has 3 N–H and O–H groups in total. The summed E-state index contributed by atoms with van der Waals surface area (Å²) in [6.07, 6.45) is 0.696. The van der Waals surface area contributed by atoms with Gasteiger partial charge in [0.2, 0.25) is 5.91 Å². The molecule has 0 saturated heterocycles. The summed E-state index contributed by atoms with van der Waals surface area (Å²) in [5, 5.41) is 2.83. The van der Waals surface area contributed by atoms with Gasteiger partial charge in [0.1, 0.15) is 0 Å². The lowest BCUT2D eigenvalue weighted by Gasteiger charge is -2.15. The first-order valence-electron chi connectivity index (χ1n) is 6.24. The van der Waals surface area contributed by atoms with E-state index in [0.717, 1.165) is 11.4 Å². The number of anilines is 2. The van der Waals surface area contributed by atoms with Crippen molar-refractivity contribution >= 4 is 17.3 Å². The lowest BCUT2D eigenvalue weighted by atomic mass is 10.0. The average molecular weight is 249 g/mol. The van der Waals surface area contributed by atoms with Crippen LogP contribution in [0.3, 0.4) is 0 Å². The van der Waals surface area contributed by atoms with Crippen LogP contribution >= 0.6 is 0 Å². The van der Waals surface area contributed by atoms with E-state index in [0.29, 0.717) is 12.3 Å². The number of carbonyl (C=O) groups is 1. The minimum Gasteiger partial charge on any atom is -0.378 e. The van der Waals surface area contributed by atoms with E-state index in [-0.39, 0.29) is 5.91 Å². The van der Waals surface area contributed by atoms with Crippen molar-refractivity contribution in [2.75, 3.05) is 24.3 Å². The van der Waals surface area contributed by atoms with Gasteiger partial charge in [-0.3, -0.25) is 4.79 Å². The van der Waals surface area contributed by atoms with Gasteiger partial charge < -0.3 is 16.0 Å². The highest BCUT2D eigenvalue weighted by Gasteiger charge is 2.14. The Hall–Kier alpha value is -1.55. The quantitative estimate of drug-likeness (QED) is 0.840. The van der Waals surface area contributed by atoms with E-state index in [1.54, 1.807) is 0 Å². The summed E-state index contributed by atoms with van der Waals surface area (Å²) >= 11 is 0. The maximum atomic E-state index is 11.8. The molecule has 4 nitrogen and oxygen atoms in total. The Kier molecular flexibility index (Phi) is 5.16. The van der Waals surface area contributed by atoms with E-state index in [4.69, 9.17) is 5.73 Å². The summed E-state index contributed by atoms with van der Waals surface area (Å²) in [5.41, 5.74) is 7.70. The smallest absolute Gasteiger partial charge is 0.241 e. The number of amides is 1. The van der Waals surface area contributed by atoms with Crippen LogP contribution in [0.5, 0.6) is 0 Å². The first-order valence-corrected chi connectivity index (χ1v) is 6.24. The molecule has 18 heavy (non-hydrogen) atoms. The molecule has 0 spiro atoms. The summed E-state index contributed by atoms with van der Waals surface area (Å²) in [4.78, 5) is 13.8. The number of carbonyl (C=O) groups excluding carboxylic acids is 1. The van der Waals surface area contributed by atoms with E-state index >= 15 is 0 Å². The number of benzene rings is 1. The normalized spacial score (nSPS) is 12.3. The second kappa shape index (κ2) is 6.40. The molecule has 0 aliphatic heterocycles. The van der Waals surface area contributed by atoms with Crippen molar-refractivity contribution < 1.29 is 4.79 Å². The number of nitrogens with one attached hydrogen (secondary N) is 1. The maximum absolute atomic E-state index is 11.8. The highest BCUT2D eigenvalue weighted by molar-refractivity contribution is 5.94.